The summed E-state index contributed by atoms with van der Waals surface area (Å²) in [6.45, 7) is 0.524. The fourth-order valence-corrected chi connectivity index (χ4v) is 2.46. The largest absolute Gasteiger partial charge is 0.489 e. The molecule has 2 aromatic carbocycles. The molecule has 5 nitrogen and oxygen atoms in total. The standard InChI is InChI=1S/C19H16BrN3O2/c20-16-10-18(21-12-16)19(24)23-22-11-14-6-8-17(9-7-14)25-13-15-4-2-1-3-5-15/h1-12,21H,13H2,(H,23,24)/b22-11-. The average molecular weight is 398 g/mol. The number of ether oxygens (including phenoxy) is 1. The number of carbonyl (C=O) groups excluding carboxylic acids is 1. The summed E-state index contributed by atoms with van der Waals surface area (Å²) in [6.07, 6.45) is 3.27. The van der Waals surface area contributed by atoms with Gasteiger partial charge in [0.2, 0.25) is 0 Å². The van der Waals surface area contributed by atoms with Crippen LogP contribution in [0.25, 0.3) is 0 Å². The van der Waals surface area contributed by atoms with Crippen LogP contribution in [0, 0.1) is 0 Å². The number of aromatic amines is 1. The zero-order valence-corrected chi connectivity index (χ0v) is 14.9. The summed E-state index contributed by atoms with van der Waals surface area (Å²) < 4.78 is 6.54. The van der Waals surface area contributed by atoms with Gasteiger partial charge in [-0.3, -0.25) is 4.79 Å². The van der Waals surface area contributed by atoms with E-state index in [2.05, 4.69) is 31.4 Å². The molecule has 0 spiro atoms. The van der Waals surface area contributed by atoms with E-state index in [1.54, 1.807) is 18.5 Å². The smallest absolute Gasteiger partial charge is 0.287 e. The topological polar surface area (TPSA) is 66.5 Å². The molecular weight excluding hydrogens is 382 g/mol. The molecule has 6 heteroatoms. The van der Waals surface area contributed by atoms with Crippen molar-refractivity contribution in [3.63, 3.8) is 0 Å². The summed E-state index contributed by atoms with van der Waals surface area (Å²) in [4.78, 5) is 14.7. The Hall–Kier alpha value is -2.86. The van der Waals surface area contributed by atoms with Gasteiger partial charge in [-0.05, 0) is 57.4 Å². The Morgan fingerprint density at radius 3 is 2.60 bits per heavy atom. The molecule has 0 saturated carbocycles. The minimum Gasteiger partial charge on any atom is -0.489 e. The third-order valence-corrected chi connectivity index (χ3v) is 3.86. The van der Waals surface area contributed by atoms with Gasteiger partial charge in [0.1, 0.15) is 18.1 Å². The highest BCUT2D eigenvalue weighted by atomic mass is 79.9. The number of nitrogens with zero attached hydrogens (tertiary/aromatic N) is 1. The average Bonchev–Trinajstić information content (AvgIpc) is 3.08. The first-order valence-electron chi connectivity index (χ1n) is 7.65. The summed E-state index contributed by atoms with van der Waals surface area (Å²) in [7, 11) is 0. The van der Waals surface area contributed by atoms with Crippen LogP contribution in [0.3, 0.4) is 0 Å². The molecule has 0 aliphatic carbocycles. The normalized spacial score (nSPS) is 10.8. The molecule has 0 atom stereocenters. The molecule has 1 amide bonds. The lowest BCUT2D eigenvalue weighted by Gasteiger charge is -2.06. The zero-order chi connectivity index (χ0) is 17.5. The number of amides is 1. The van der Waals surface area contributed by atoms with Crippen molar-refractivity contribution in [3.05, 3.63) is 88.2 Å². The van der Waals surface area contributed by atoms with Crippen LogP contribution >= 0.6 is 15.9 Å². The molecule has 3 rings (SSSR count). The van der Waals surface area contributed by atoms with Gasteiger partial charge in [0, 0.05) is 10.7 Å². The Morgan fingerprint density at radius 2 is 1.92 bits per heavy atom. The molecule has 0 aliphatic heterocycles. The monoisotopic (exact) mass is 397 g/mol. The van der Waals surface area contributed by atoms with E-state index in [9.17, 15) is 4.79 Å². The van der Waals surface area contributed by atoms with Crippen LogP contribution < -0.4 is 10.2 Å². The number of halogens is 1. The Labute approximate surface area is 153 Å². The first kappa shape index (κ1) is 17.0. The maximum atomic E-state index is 11.8. The third-order valence-electron chi connectivity index (χ3n) is 3.40. The first-order chi connectivity index (χ1) is 12.2. The molecule has 1 aromatic heterocycles. The predicted octanol–water partition coefficient (Wildman–Crippen LogP) is 4.12. The summed E-state index contributed by atoms with van der Waals surface area (Å²) in [5.41, 5.74) is 4.89. The van der Waals surface area contributed by atoms with E-state index in [0.717, 1.165) is 21.3 Å². The quantitative estimate of drug-likeness (QED) is 0.485. The summed E-state index contributed by atoms with van der Waals surface area (Å²) in [5, 5.41) is 3.95. The summed E-state index contributed by atoms with van der Waals surface area (Å²) >= 11 is 3.28. The second-order valence-electron chi connectivity index (χ2n) is 5.27. The van der Waals surface area contributed by atoms with Crippen molar-refractivity contribution in [2.45, 2.75) is 6.61 Å². The fraction of sp³-hybridized carbons (Fsp3) is 0.0526. The third kappa shape index (κ3) is 5.06. The molecule has 0 bridgehead atoms. The van der Waals surface area contributed by atoms with E-state index in [0.29, 0.717) is 12.3 Å². The van der Waals surface area contributed by atoms with Crippen LogP contribution in [-0.4, -0.2) is 17.1 Å². The Balaban J connectivity index is 1.51. The van der Waals surface area contributed by atoms with E-state index < -0.39 is 0 Å². The molecule has 0 fully saturated rings. The first-order valence-corrected chi connectivity index (χ1v) is 8.44. The Morgan fingerprint density at radius 1 is 1.16 bits per heavy atom. The number of rotatable bonds is 6. The minimum absolute atomic E-state index is 0.301. The molecule has 0 aliphatic rings. The van der Waals surface area contributed by atoms with Crippen LogP contribution in [0.4, 0.5) is 0 Å². The number of benzene rings is 2. The fourth-order valence-electron chi connectivity index (χ4n) is 2.12. The van der Waals surface area contributed by atoms with Gasteiger partial charge in [-0.2, -0.15) is 5.10 Å². The number of aromatic nitrogens is 1. The minimum atomic E-state index is -0.301. The maximum absolute atomic E-state index is 11.8. The highest BCUT2D eigenvalue weighted by Crippen LogP contribution is 2.13. The van der Waals surface area contributed by atoms with Crippen molar-refractivity contribution >= 4 is 28.1 Å². The van der Waals surface area contributed by atoms with Crippen molar-refractivity contribution in [1.29, 1.82) is 0 Å². The molecule has 0 unspecified atom stereocenters. The van der Waals surface area contributed by atoms with Crippen molar-refractivity contribution in [2.24, 2.45) is 5.10 Å². The lowest BCUT2D eigenvalue weighted by atomic mass is 10.2. The predicted molar refractivity (Wildman–Crippen MR) is 101 cm³/mol. The zero-order valence-electron chi connectivity index (χ0n) is 13.3. The van der Waals surface area contributed by atoms with Crippen LogP contribution in [0.2, 0.25) is 0 Å². The van der Waals surface area contributed by atoms with Crippen molar-refractivity contribution in [2.75, 3.05) is 0 Å². The Bertz CT molecular complexity index is 858. The van der Waals surface area contributed by atoms with Crippen molar-refractivity contribution < 1.29 is 9.53 Å². The molecule has 3 aromatic rings. The summed E-state index contributed by atoms with van der Waals surface area (Å²) in [5.74, 6) is 0.478. The van der Waals surface area contributed by atoms with E-state index >= 15 is 0 Å². The van der Waals surface area contributed by atoms with Gasteiger partial charge < -0.3 is 9.72 Å². The van der Waals surface area contributed by atoms with Crippen LogP contribution in [0.5, 0.6) is 5.75 Å². The lowest BCUT2D eigenvalue weighted by molar-refractivity contribution is 0.0951. The van der Waals surface area contributed by atoms with Crippen LogP contribution in [-0.2, 0) is 6.61 Å². The van der Waals surface area contributed by atoms with Crippen molar-refractivity contribution in [3.8, 4) is 5.75 Å². The summed E-state index contributed by atoms with van der Waals surface area (Å²) in [6, 6.07) is 19.2. The number of hydrazone groups is 1. The number of hydrogen-bond acceptors (Lipinski definition) is 3. The van der Waals surface area contributed by atoms with Crippen LogP contribution in [0.1, 0.15) is 21.6 Å². The van der Waals surface area contributed by atoms with Gasteiger partial charge in [0.05, 0.1) is 6.21 Å². The second-order valence-corrected chi connectivity index (χ2v) is 6.19. The SMILES string of the molecule is O=C(N/N=C\c1ccc(OCc2ccccc2)cc1)c1cc(Br)c[nH]1. The molecular formula is C19H16BrN3O2. The van der Waals surface area contributed by atoms with Crippen molar-refractivity contribution in [1.82, 2.24) is 10.4 Å². The molecule has 0 radical (unpaired) electrons. The number of hydrogen-bond donors (Lipinski definition) is 2. The van der Waals surface area contributed by atoms with Gasteiger partial charge in [-0.15, -0.1) is 0 Å². The second kappa shape index (κ2) is 8.30. The lowest BCUT2D eigenvalue weighted by Crippen LogP contribution is -2.17. The van der Waals surface area contributed by atoms with Gasteiger partial charge >= 0.3 is 0 Å². The van der Waals surface area contributed by atoms with Crippen LogP contribution in [0.15, 0.2) is 76.4 Å². The number of nitrogens with one attached hydrogen (secondary N) is 2. The van der Waals surface area contributed by atoms with Gasteiger partial charge in [0.15, 0.2) is 0 Å². The Kier molecular flexibility index (Phi) is 5.64. The van der Waals surface area contributed by atoms with E-state index in [-0.39, 0.29) is 5.91 Å². The van der Waals surface area contributed by atoms with Gasteiger partial charge in [0.25, 0.3) is 5.91 Å². The highest BCUT2D eigenvalue weighted by Gasteiger charge is 2.05. The van der Waals surface area contributed by atoms with Gasteiger partial charge in [-0.1, -0.05) is 30.3 Å². The van der Waals surface area contributed by atoms with E-state index in [4.69, 9.17) is 4.74 Å². The van der Waals surface area contributed by atoms with E-state index in [1.807, 2.05) is 54.6 Å². The molecule has 2 N–H and O–H groups in total. The molecule has 1 heterocycles. The highest BCUT2D eigenvalue weighted by molar-refractivity contribution is 9.10. The maximum Gasteiger partial charge on any atom is 0.287 e. The number of carbonyl (C=O) groups is 1. The number of H-pyrrole nitrogens is 1. The molecule has 0 saturated heterocycles. The molecule has 126 valence electrons. The molecule has 25 heavy (non-hydrogen) atoms. The van der Waals surface area contributed by atoms with E-state index in [1.165, 1.54) is 0 Å². The van der Waals surface area contributed by atoms with Gasteiger partial charge in [-0.25, -0.2) is 5.43 Å².